The van der Waals surface area contributed by atoms with Gasteiger partial charge in [0.05, 0.1) is 124 Å². The molecule has 0 aromatic rings. The predicted octanol–water partition coefficient (Wildman–Crippen LogP) is -1.73. The lowest BCUT2D eigenvalue weighted by atomic mass is 10.1. The zero-order valence-electron chi connectivity index (χ0n) is 61.2. The highest BCUT2D eigenvalue weighted by Crippen LogP contribution is 2.20. The Balaban J connectivity index is 0.00000121. The number of carboxylic acids is 7. The van der Waals surface area contributed by atoms with Crippen LogP contribution in [0.1, 0.15) is 130 Å². The van der Waals surface area contributed by atoms with E-state index in [-0.39, 0.29) is 95.4 Å². The van der Waals surface area contributed by atoms with E-state index in [0.29, 0.717) is 149 Å². The van der Waals surface area contributed by atoms with Gasteiger partial charge in [0, 0.05) is 44.0 Å². The van der Waals surface area contributed by atoms with Gasteiger partial charge in [-0.1, -0.05) is 33.1 Å². The second-order valence-electron chi connectivity index (χ2n) is 24.8. The molecule has 0 spiro atoms. The Morgan fingerprint density at radius 2 is 0.769 bits per heavy atom. The molecule has 9 atom stereocenters. The van der Waals surface area contributed by atoms with Crippen LogP contribution >= 0.6 is 11.8 Å². The van der Waals surface area contributed by atoms with Crippen molar-refractivity contribution in [2.24, 2.45) is 45.9 Å². The normalized spacial score (nSPS) is 20.4. The lowest BCUT2D eigenvalue weighted by Crippen LogP contribution is -2.42. The fourth-order valence-electron chi connectivity index (χ4n) is 9.40. The molecule has 8 fully saturated rings. The van der Waals surface area contributed by atoms with Crippen LogP contribution in [-0.2, 0) is 119 Å². The third kappa shape index (κ3) is 55.4. The van der Waals surface area contributed by atoms with E-state index in [1.54, 1.807) is 0 Å². The van der Waals surface area contributed by atoms with Crippen molar-refractivity contribution >= 4 is 65.1 Å². The first-order valence-corrected chi connectivity index (χ1v) is 36.9. The molecule has 0 saturated carbocycles. The van der Waals surface area contributed by atoms with Crippen LogP contribution in [0.25, 0.3) is 0 Å². The number of carbonyl (C=O) groups excluding carboxylic acids is 2. The van der Waals surface area contributed by atoms with Crippen molar-refractivity contribution in [3.05, 3.63) is 0 Å². The maximum absolute atomic E-state index is 11.2. The van der Waals surface area contributed by atoms with E-state index < -0.39 is 90.4 Å². The topological polar surface area (TPSA) is 663 Å². The summed E-state index contributed by atoms with van der Waals surface area (Å²) in [6.07, 6.45) is 12.0. The van der Waals surface area contributed by atoms with Crippen molar-refractivity contribution in [3.8, 4) is 0 Å². The maximum Gasteiger partial charge on any atom is 0.322 e. The molecule has 0 aliphatic carbocycles. The average molecular weight is 1590 g/mol. The highest BCUT2D eigenvalue weighted by molar-refractivity contribution is 7.99. The third-order valence-electron chi connectivity index (χ3n) is 15.6. The zero-order valence-corrected chi connectivity index (χ0v) is 62.0. The lowest BCUT2D eigenvalue weighted by molar-refractivity contribution is -0.142. The van der Waals surface area contributed by atoms with Gasteiger partial charge in [0.2, 0.25) is 0 Å². The zero-order chi connectivity index (χ0) is 79.7. The summed E-state index contributed by atoms with van der Waals surface area (Å²) >= 11 is 1.43. The van der Waals surface area contributed by atoms with Crippen molar-refractivity contribution in [3.63, 3.8) is 0 Å². The first-order chi connectivity index (χ1) is 51.0. The van der Waals surface area contributed by atoms with E-state index in [1.165, 1.54) is 25.1 Å². The van der Waals surface area contributed by atoms with Crippen molar-refractivity contribution in [1.82, 2.24) is 5.32 Å². The lowest BCUT2D eigenvalue weighted by Gasteiger charge is -2.11. The van der Waals surface area contributed by atoms with E-state index in [1.807, 2.05) is 0 Å². The Hall–Kier alpha value is -5.02. The summed E-state index contributed by atoms with van der Waals surface area (Å²) in [7, 11) is 0. The third-order valence-corrected chi connectivity index (χ3v) is 16.7. The van der Waals surface area contributed by atoms with Crippen LogP contribution in [0.15, 0.2) is 0 Å². The highest BCUT2D eigenvalue weighted by atomic mass is 32.2. The minimum Gasteiger partial charge on any atom is -0.480 e. The number of ether oxygens (including phenoxy) is 16. The number of nitrogens with two attached hydrogens (primary N) is 8. The molecule has 0 aromatic heterocycles. The summed E-state index contributed by atoms with van der Waals surface area (Å²) in [6.45, 7) is 11.7. The number of carbonyl (C=O) groups is 9. The predicted molar refractivity (Wildman–Crippen MR) is 383 cm³/mol. The van der Waals surface area contributed by atoms with Gasteiger partial charge in [-0.05, 0) is 77.6 Å². The standard InChI is InChI=1S/C10H19NO4.C10H19NO3.C8H13NO5.C8H15NO4.C8H15NO3.C7H14N2O4.C7H13NO5.C7H13NO4S.CH4/c11-8(10(12)13)4-2-1-3-5-9-14-6-7-15-9;11-9(10(12)13)6-2-1-4-8-5-3-7-14-8;9-6(8(11)12)3-5(10)4-7-13-1-2-14-7;9-6(8(10)11)2-1-3-7-12-4-5-13-7;1-6(10)7(9)2-3-8-11-4-5-12-8;8-5(7(10)11)3-9-4-6-12-1-2-13-6;8-5(7(9)10)3-11-4-6-12-1-2-13-6;8-5(7(9)10)3-13-4-6-11-1-2-12-6;/h8-9H,1-7,11H2,(H,12,13);8-9H,1-7,11H2,(H,12,13);6-7H,1-4,9H2,(H,11,12);6-7H,1-5,9H2,(H,10,11);7-8H,2-5,9H2,1H3;5-6,9H,1-4,8H2,(H,10,11);2*5-6H,1-4,8H2,(H,9,10);1H4. The Morgan fingerprint density at radius 1 is 0.389 bits per heavy atom. The SMILES string of the molecule is C.CC(=O)C(N)CCC1OCCO1.NC(CC(=O)CC1OCCO1)C(=O)O.NC(CCCC1OCCO1)C(=O)O.NC(CCCCC1CCCO1)C(=O)O.NC(CCCCCC1OCCO1)C(=O)O.NC(CNCC1OCCO1)C(=O)O.NC(COCC1OCCO1)C(=O)O.NC(CSCC1OCCO1)C(=O)O. The second-order valence-corrected chi connectivity index (χ2v) is 25.8. The smallest absolute Gasteiger partial charge is 0.322 e. The molecular formula is C66H125N9O32S. The molecule has 0 aromatic carbocycles. The summed E-state index contributed by atoms with van der Waals surface area (Å²) in [5, 5.41) is 62.2. The van der Waals surface area contributed by atoms with Gasteiger partial charge in [0.1, 0.15) is 53.9 Å². The number of thioether (sulfide) groups is 1. The molecule has 8 aliphatic heterocycles. The van der Waals surface area contributed by atoms with Crippen LogP contribution < -0.4 is 51.2 Å². The minimum atomic E-state index is -1.17. The largest absolute Gasteiger partial charge is 0.480 e. The van der Waals surface area contributed by atoms with Crippen molar-refractivity contribution in [1.29, 1.82) is 0 Å². The van der Waals surface area contributed by atoms with Gasteiger partial charge >= 0.3 is 41.8 Å². The van der Waals surface area contributed by atoms with Gasteiger partial charge in [0.15, 0.2) is 44.0 Å². The van der Waals surface area contributed by atoms with Gasteiger partial charge in [0.25, 0.3) is 0 Å². The number of nitrogens with one attached hydrogen (secondary N) is 1. The molecule has 0 amide bonds. The molecule has 8 saturated heterocycles. The molecule has 8 heterocycles. The minimum absolute atomic E-state index is 0. The van der Waals surface area contributed by atoms with Crippen molar-refractivity contribution in [2.75, 3.05) is 137 Å². The van der Waals surface area contributed by atoms with Crippen LogP contribution in [0.4, 0.5) is 0 Å². The molecule has 0 bridgehead atoms. The maximum atomic E-state index is 11.2. The first-order valence-electron chi connectivity index (χ1n) is 35.8. The fourth-order valence-corrected chi connectivity index (χ4v) is 10.3. The van der Waals surface area contributed by atoms with Crippen molar-refractivity contribution < 1.29 is 155 Å². The monoisotopic (exact) mass is 1590 g/mol. The number of rotatable bonds is 42. The number of Topliss-reactive ketones (excluding diaryl/α,β-unsaturated/α-hetero) is 2. The second kappa shape index (κ2) is 64.5. The Morgan fingerprint density at radius 3 is 1.19 bits per heavy atom. The summed E-state index contributed by atoms with van der Waals surface area (Å²) in [6, 6.07) is -6.33. The summed E-state index contributed by atoms with van der Waals surface area (Å²) < 4.78 is 82.5. The Labute approximate surface area is 634 Å². The molecule has 8 aliphatic rings. The first kappa shape index (κ1) is 103. The molecular weight excluding hydrogens is 1460 g/mol. The quantitative estimate of drug-likeness (QED) is 0.0302. The Bertz CT molecular complexity index is 2230. The fraction of sp³-hybridized carbons (Fsp3) is 0.864. The van der Waals surface area contributed by atoms with Crippen LogP contribution in [0.5, 0.6) is 0 Å². The molecule has 8 rings (SSSR count). The summed E-state index contributed by atoms with van der Waals surface area (Å²) in [5.41, 5.74) is 42.5. The molecule has 42 heteroatoms. The molecule has 632 valence electrons. The number of ketones is 2. The van der Waals surface area contributed by atoms with Gasteiger partial charge in [-0.2, -0.15) is 11.8 Å². The van der Waals surface area contributed by atoms with Crippen LogP contribution in [0.2, 0.25) is 0 Å². The van der Waals surface area contributed by atoms with Crippen molar-refractivity contribution in [2.45, 2.75) is 228 Å². The van der Waals surface area contributed by atoms with Gasteiger partial charge in [-0.15, -0.1) is 0 Å². The average Bonchev–Trinajstić information content (AvgIpc) is 1.84. The number of unbranched alkanes of at least 4 members (excludes halogenated alkanes) is 3. The van der Waals surface area contributed by atoms with Crippen LogP contribution in [0.3, 0.4) is 0 Å². The molecule has 9 unspecified atom stereocenters. The highest BCUT2D eigenvalue weighted by Gasteiger charge is 2.26. The van der Waals surface area contributed by atoms with E-state index >= 15 is 0 Å². The number of carboxylic acid groups (broad SMARTS) is 7. The van der Waals surface area contributed by atoms with E-state index in [2.05, 4.69) is 5.32 Å². The number of hydrogen-bond donors (Lipinski definition) is 16. The molecule has 108 heavy (non-hydrogen) atoms. The van der Waals surface area contributed by atoms with Gasteiger partial charge < -0.3 is 163 Å². The number of hydrogen-bond acceptors (Lipinski definition) is 35. The van der Waals surface area contributed by atoms with Crippen LogP contribution in [0, 0.1) is 0 Å². The van der Waals surface area contributed by atoms with Crippen LogP contribution in [-0.4, -0.2) is 324 Å². The molecule has 0 radical (unpaired) electrons. The Kier molecular flexibility index (Phi) is 61.5. The molecule has 41 nitrogen and oxygen atoms in total. The van der Waals surface area contributed by atoms with E-state index in [4.69, 9.17) is 157 Å². The summed E-state index contributed by atoms with van der Waals surface area (Å²) in [5.74, 6) is -6.21. The van der Waals surface area contributed by atoms with Gasteiger partial charge in [-0.25, -0.2) is 0 Å². The summed E-state index contributed by atoms with van der Waals surface area (Å²) in [4.78, 5) is 94.3. The molecule has 24 N–H and O–H groups in total. The van der Waals surface area contributed by atoms with Gasteiger partial charge in [-0.3, -0.25) is 43.2 Å². The van der Waals surface area contributed by atoms with E-state index in [9.17, 15) is 43.2 Å². The number of aliphatic carboxylic acids is 7. The van der Waals surface area contributed by atoms with E-state index in [0.717, 1.165) is 70.8 Å².